The molecule has 0 saturated carbocycles. The van der Waals surface area contributed by atoms with Crippen molar-refractivity contribution in [3.63, 3.8) is 0 Å². The molecule has 0 bridgehead atoms. The van der Waals surface area contributed by atoms with Crippen LogP contribution >= 0.6 is 5.47 Å². The molecule has 0 unspecified atom stereocenters. The van der Waals surface area contributed by atoms with Gasteiger partial charge >= 0.3 is 0 Å². The second-order valence-corrected chi connectivity index (χ2v) is 7.22. The van der Waals surface area contributed by atoms with Gasteiger partial charge in [-0.25, -0.2) is 0 Å². The lowest BCUT2D eigenvalue weighted by Crippen LogP contribution is -1.98. The Morgan fingerprint density at radius 2 is 1.80 bits per heavy atom. The lowest BCUT2D eigenvalue weighted by atomic mass is 10.3. The number of ether oxygens (including phenoxy) is 1. The van der Waals surface area contributed by atoms with Crippen molar-refractivity contribution in [3.05, 3.63) is 24.3 Å². The van der Waals surface area contributed by atoms with E-state index in [1.807, 2.05) is 24.3 Å². The van der Waals surface area contributed by atoms with Crippen molar-refractivity contribution in [1.82, 2.24) is 0 Å². The van der Waals surface area contributed by atoms with Gasteiger partial charge in [0.2, 0.25) is 0 Å². The number of hydrogen-bond donors (Lipinski definition) is 0. The molecule has 0 atom stereocenters. The molecule has 4 heteroatoms. The highest BCUT2D eigenvalue weighted by Gasteiger charge is 1.95. The fraction of sp³-hybridized carbons (Fsp3) is 0.455. The third-order valence-electron chi connectivity index (χ3n) is 2.06. The van der Waals surface area contributed by atoms with Crippen LogP contribution < -0.4 is 10.0 Å². The molecule has 0 aliphatic rings. The average Bonchev–Trinajstić information content (AvgIpc) is 2.25. The van der Waals surface area contributed by atoms with Gasteiger partial charge in [0.1, 0.15) is 5.75 Å². The molecule has 0 aliphatic heterocycles. The Kier molecular flexibility index (Phi) is 6.07. The predicted octanol–water partition coefficient (Wildman–Crippen LogP) is 3.29. The monoisotopic (exact) mass is 258 g/mol. The summed E-state index contributed by atoms with van der Waals surface area (Å²) in [5.74, 6) is 0.914. The summed E-state index contributed by atoms with van der Waals surface area (Å²) < 4.78 is 5.58. The van der Waals surface area contributed by atoms with Crippen LogP contribution in [-0.2, 0) is 23.6 Å². The first-order valence-corrected chi connectivity index (χ1v) is 8.48. The molecular formula is C11H15OPS2. The maximum Gasteiger partial charge on any atom is 0.119 e. The van der Waals surface area contributed by atoms with E-state index in [0.717, 1.165) is 24.1 Å². The summed E-state index contributed by atoms with van der Waals surface area (Å²) in [6, 6.07) is 7.85. The predicted molar refractivity (Wildman–Crippen MR) is 72.7 cm³/mol. The smallest absolute Gasteiger partial charge is 0.119 e. The van der Waals surface area contributed by atoms with Gasteiger partial charge in [0.05, 0.1) is 6.61 Å². The standard InChI is InChI=1S/C11H15OPS2/c1-2-3-4-9-12-10-5-7-11(8-6-10)13(14)15/h5-8H,2-4,9H2,1H3. The number of rotatable bonds is 6. The van der Waals surface area contributed by atoms with E-state index in [2.05, 4.69) is 6.92 Å². The van der Waals surface area contributed by atoms with E-state index in [9.17, 15) is 0 Å². The van der Waals surface area contributed by atoms with Crippen LogP contribution in [-0.4, -0.2) is 6.61 Å². The molecular weight excluding hydrogens is 243 g/mol. The zero-order chi connectivity index (χ0) is 11.1. The van der Waals surface area contributed by atoms with Crippen LogP contribution in [0.3, 0.4) is 0 Å². The zero-order valence-corrected chi connectivity index (χ0v) is 11.3. The second-order valence-electron chi connectivity index (χ2n) is 3.31. The third-order valence-corrected chi connectivity index (χ3v) is 4.05. The number of unbranched alkanes of at least 4 members (excludes halogenated alkanes) is 2. The van der Waals surface area contributed by atoms with Crippen molar-refractivity contribution in [3.8, 4) is 5.75 Å². The van der Waals surface area contributed by atoms with Crippen molar-refractivity contribution in [1.29, 1.82) is 0 Å². The Bertz CT molecular complexity index is 349. The molecule has 1 rings (SSSR count). The first-order valence-electron chi connectivity index (χ1n) is 5.11. The van der Waals surface area contributed by atoms with Gasteiger partial charge in [0.25, 0.3) is 0 Å². The highest BCUT2D eigenvalue weighted by molar-refractivity contribution is 8.27. The maximum absolute atomic E-state index is 5.58. The Labute approximate surface area is 102 Å². The van der Waals surface area contributed by atoms with Crippen molar-refractivity contribution >= 4 is 34.4 Å². The summed E-state index contributed by atoms with van der Waals surface area (Å²) in [6.07, 6.45) is 3.56. The van der Waals surface area contributed by atoms with Crippen LogP contribution in [0.25, 0.3) is 0 Å². The third kappa shape index (κ3) is 4.87. The molecule has 0 amide bonds. The van der Waals surface area contributed by atoms with Crippen molar-refractivity contribution < 1.29 is 4.74 Å². The molecule has 0 spiro atoms. The first kappa shape index (κ1) is 12.8. The van der Waals surface area contributed by atoms with E-state index in [1.165, 1.54) is 12.8 Å². The maximum atomic E-state index is 5.58. The van der Waals surface area contributed by atoms with Gasteiger partial charge in [0.15, 0.2) is 0 Å². The fourth-order valence-electron chi connectivity index (χ4n) is 1.21. The first-order chi connectivity index (χ1) is 7.24. The van der Waals surface area contributed by atoms with E-state index < -0.39 is 5.47 Å². The van der Waals surface area contributed by atoms with Crippen molar-refractivity contribution in [2.45, 2.75) is 26.2 Å². The molecule has 0 saturated heterocycles. The number of hydrogen-bond acceptors (Lipinski definition) is 3. The summed E-state index contributed by atoms with van der Waals surface area (Å²) in [5, 5.41) is 1.07. The van der Waals surface area contributed by atoms with Crippen LogP contribution in [0.15, 0.2) is 24.3 Å². The van der Waals surface area contributed by atoms with E-state index in [0.29, 0.717) is 0 Å². The normalized spacial score (nSPS) is 9.93. The molecule has 82 valence electrons. The van der Waals surface area contributed by atoms with Crippen molar-refractivity contribution in [2.75, 3.05) is 6.61 Å². The molecule has 0 radical (unpaired) electrons. The minimum Gasteiger partial charge on any atom is -0.494 e. The van der Waals surface area contributed by atoms with E-state index >= 15 is 0 Å². The molecule has 1 nitrogen and oxygen atoms in total. The van der Waals surface area contributed by atoms with Gasteiger partial charge in [0, 0.05) is 10.8 Å². The van der Waals surface area contributed by atoms with Gasteiger partial charge in [-0.05, 0) is 54.3 Å². The second kappa shape index (κ2) is 7.10. The van der Waals surface area contributed by atoms with Crippen molar-refractivity contribution in [2.24, 2.45) is 0 Å². The summed E-state index contributed by atoms with van der Waals surface area (Å²) in [6.45, 7) is 2.98. The Morgan fingerprint density at radius 1 is 1.13 bits per heavy atom. The minimum absolute atomic E-state index is 0.795. The van der Waals surface area contributed by atoms with Gasteiger partial charge < -0.3 is 4.74 Å². The Balaban J connectivity index is 2.43. The topological polar surface area (TPSA) is 9.23 Å². The molecule has 0 heterocycles. The quantitative estimate of drug-likeness (QED) is 0.572. The summed E-state index contributed by atoms with van der Waals surface area (Å²) >= 11 is 10.1. The highest BCUT2D eigenvalue weighted by atomic mass is 32.7. The highest BCUT2D eigenvalue weighted by Crippen LogP contribution is 2.12. The van der Waals surface area contributed by atoms with E-state index in [4.69, 9.17) is 28.4 Å². The Morgan fingerprint density at radius 3 is 2.33 bits per heavy atom. The largest absolute Gasteiger partial charge is 0.494 e. The lowest BCUT2D eigenvalue weighted by Gasteiger charge is -2.05. The molecule has 1 aromatic carbocycles. The average molecular weight is 258 g/mol. The summed E-state index contributed by atoms with van der Waals surface area (Å²) in [5.41, 5.74) is -0.815. The molecule has 15 heavy (non-hydrogen) atoms. The van der Waals surface area contributed by atoms with E-state index in [1.54, 1.807) is 0 Å². The summed E-state index contributed by atoms with van der Waals surface area (Å²) in [7, 11) is 0. The zero-order valence-electron chi connectivity index (χ0n) is 8.81. The molecule has 0 aromatic heterocycles. The fourth-order valence-corrected chi connectivity index (χ4v) is 2.33. The van der Waals surface area contributed by atoms with Crippen LogP contribution in [0, 0.1) is 0 Å². The van der Waals surface area contributed by atoms with E-state index in [-0.39, 0.29) is 0 Å². The Hall–Kier alpha value is -0.240. The van der Waals surface area contributed by atoms with Crippen LogP contribution in [0.5, 0.6) is 5.75 Å². The van der Waals surface area contributed by atoms with Gasteiger partial charge in [-0.15, -0.1) is 0 Å². The molecule has 0 N–H and O–H groups in total. The van der Waals surface area contributed by atoms with Gasteiger partial charge in [-0.1, -0.05) is 19.8 Å². The van der Waals surface area contributed by atoms with Crippen LogP contribution in [0.2, 0.25) is 0 Å². The SMILES string of the molecule is CCCCCOc1ccc(P(=S)=S)cc1. The van der Waals surface area contributed by atoms with Crippen LogP contribution in [0.4, 0.5) is 0 Å². The molecule has 0 aliphatic carbocycles. The van der Waals surface area contributed by atoms with Gasteiger partial charge in [-0.3, -0.25) is 0 Å². The molecule has 0 fully saturated rings. The lowest BCUT2D eigenvalue weighted by molar-refractivity contribution is 0.306. The minimum atomic E-state index is -0.815. The molecule has 1 aromatic rings. The van der Waals surface area contributed by atoms with Gasteiger partial charge in [-0.2, -0.15) is 0 Å². The van der Waals surface area contributed by atoms with Crippen LogP contribution in [0.1, 0.15) is 26.2 Å². The number of benzene rings is 1. The summed E-state index contributed by atoms with van der Waals surface area (Å²) in [4.78, 5) is 0.